The van der Waals surface area contributed by atoms with E-state index in [1.54, 1.807) is 0 Å². The molecule has 1 aromatic rings. The van der Waals surface area contributed by atoms with Crippen LogP contribution in [0, 0.1) is 5.92 Å². The number of nitrogens with one attached hydrogen (secondary N) is 1. The average Bonchev–Trinajstić information content (AvgIpc) is 2.92. The molecule has 0 saturated carbocycles. The molecule has 1 aliphatic rings. The SMILES string of the molecule is CC(C)Sc1ccc([C@@H](C)NC(=O)[C@H]2CCOC2)cc1. The highest BCUT2D eigenvalue weighted by Gasteiger charge is 2.24. The van der Waals surface area contributed by atoms with Gasteiger partial charge in [0.1, 0.15) is 0 Å². The molecule has 1 amide bonds. The minimum atomic E-state index is 0.0215. The van der Waals surface area contributed by atoms with E-state index in [2.05, 4.69) is 43.4 Å². The number of carbonyl (C=O) groups excluding carboxylic acids is 1. The van der Waals surface area contributed by atoms with Crippen LogP contribution in [-0.4, -0.2) is 24.4 Å². The number of benzene rings is 1. The summed E-state index contributed by atoms with van der Waals surface area (Å²) >= 11 is 1.85. The van der Waals surface area contributed by atoms with Crippen molar-refractivity contribution in [3.05, 3.63) is 29.8 Å². The molecule has 20 heavy (non-hydrogen) atoms. The predicted molar refractivity (Wildman–Crippen MR) is 82.9 cm³/mol. The number of carbonyl (C=O) groups is 1. The fourth-order valence-corrected chi connectivity index (χ4v) is 3.10. The molecule has 0 aromatic heterocycles. The van der Waals surface area contributed by atoms with Crippen LogP contribution in [0.3, 0.4) is 0 Å². The van der Waals surface area contributed by atoms with Gasteiger partial charge in [-0.2, -0.15) is 0 Å². The molecule has 1 saturated heterocycles. The van der Waals surface area contributed by atoms with Gasteiger partial charge in [0.2, 0.25) is 5.91 Å². The summed E-state index contributed by atoms with van der Waals surface area (Å²) in [5.41, 5.74) is 1.14. The van der Waals surface area contributed by atoms with Crippen LogP contribution in [0.25, 0.3) is 0 Å². The lowest BCUT2D eigenvalue weighted by Gasteiger charge is -2.17. The van der Waals surface area contributed by atoms with Crippen molar-refractivity contribution < 1.29 is 9.53 Å². The van der Waals surface area contributed by atoms with Crippen LogP contribution in [0.4, 0.5) is 0 Å². The van der Waals surface area contributed by atoms with E-state index in [4.69, 9.17) is 4.74 Å². The van der Waals surface area contributed by atoms with Gasteiger partial charge in [0.05, 0.1) is 18.6 Å². The molecular weight excluding hydrogens is 270 g/mol. The molecule has 1 heterocycles. The zero-order valence-electron chi connectivity index (χ0n) is 12.4. The lowest BCUT2D eigenvalue weighted by atomic mass is 10.1. The van der Waals surface area contributed by atoms with Crippen molar-refractivity contribution in [3.8, 4) is 0 Å². The lowest BCUT2D eigenvalue weighted by Crippen LogP contribution is -2.33. The summed E-state index contributed by atoms with van der Waals surface area (Å²) in [7, 11) is 0. The Morgan fingerprint density at radius 2 is 2.00 bits per heavy atom. The van der Waals surface area contributed by atoms with Crippen LogP contribution in [-0.2, 0) is 9.53 Å². The Labute approximate surface area is 125 Å². The van der Waals surface area contributed by atoms with Crippen molar-refractivity contribution in [2.24, 2.45) is 5.92 Å². The maximum Gasteiger partial charge on any atom is 0.225 e. The summed E-state index contributed by atoms with van der Waals surface area (Å²) in [6, 6.07) is 8.49. The first kappa shape index (κ1) is 15.4. The van der Waals surface area contributed by atoms with Crippen molar-refractivity contribution >= 4 is 17.7 Å². The number of hydrogen-bond donors (Lipinski definition) is 1. The number of ether oxygens (including phenoxy) is 1. The van der Waals surface area contributed by atoms with E-state index in [1.807, 2.05) is 18.7 Å². The fraction of sp³-hybridized carbons (Fsp3) is 0.562. The van der Waals surface area contributed by atoms with E-state index < -0.39 is 0 Å². The highest BCUT2D eigenvalue weighted by Crippen LogP contribution is 2.24. The van der Waals surface area contributed by atoms with Gasteiger partial charge in [-0.1, -0.05) is 26.0 Å². The van der Waals surface area contributed by atoms with Crippen LogP contribution in [0.5, 0.6) is 0 Å². The smallest absolute Gasteiger partial charge is 0.225 e. The Kier molecular flexibility index (Phi) is 5.49. The minimum Gasteiger partial charge on any atom is -0.381 e. The van der Waals surface area contributed by atoms with Crippen LogP contribution < -0.4 is 5.32 Å². The molecule has 4 heteroatoms. The molecule has 0 radical (unpaired) electrons. The van der Waals surface area contributed by atoms with E-state index in [0.717, 1.165) is 12.0 Å². The van der Waals surface area contributed by atoms with Gasteiger partial charge in [-0.15, -0.1) is 11.8 Å². The minimum absolute atomic E-state index is 0.0215. The molecule has 3 nitrogen and oxygen atoms in total. The second-order valence-corrected chi connectivity index (χ2v) is 7.18. The summed E-state index contributed by atoms with van der Waals surface area (Å²) in [4.78, 5) is 13.3. The summed E-state index contributed by atoms with van der Waals surface area (Å²) in [6.45, 7) is 7.66. The second-order valence-electron chi connectivity index (χ2n) is 5.53. The molecule has 1 fully saturated rings. The molecule has 1 aliphatic heterocycles. The first-order valence-corrected chi connectivity index (χ1v) is 8.09. The highest BCUT2D eigenvalue weighted by molar-refractivity contribution is 7.99. The molecule has 0 unspecified atom stereocenters. The van der Waals surface area contributed by atoms with E-state index in [9.17, 15) is 4.79 Å². The largest absolute Gasteiger partial charge is 0.381 e. The molecule has 2 atom stereocenters. The van der Waals surface area contributed by atoms with E-state index >= 15 is 0 Å². The Morgan fingerprint density at radius 3 is 2.55 bits per heavy atom. The predicted octanol–water partition coefficient (Wildman–Crippen LogP) is 3.40. The number of hydrogen-bond acceptors (Lipinski definition) is 3. The quantitative estimate of drug-likeness (QED) is 0.846. The normalized spacial score (nSPS) is 20.1. The Morgan fingerprint density at radius 1 is 1.30 bits per heavy atom. The summed E-state index contributed by atoms with van der Waals surface area (Å²) < 4.78 is 5.25. The molecule has 0 spiro atoms. The van der Waals surface area contributed by atoms with E-state index in [1.165, 1.54) is 4.90 Å². The van der Waals surface area contributed by atoms with Crippen molar-refractivity contribution in [2.45, 2.75) is 43.4 Å². The van der Waals surface area contributed by atoms with E-state index in [-0.39, 0.29) is 17.9 Å². The number of thioether (sulfide) groups is 1. The van der Waals surface area contributed by atoms with Gasteiger partial charge in [-0.3, -0.25) is 4.79 Å². The summed E-state index contributed by atoms with van der Waals surface area (Å²) in [5.74, 6) is 0.129. The molecule has 0 bridgehead atoms. The van der Waals surface area contributed by atoms with Crippen molar-refractivity contribution in [3.63, 3.8) is 0 Å². The number of rotatable bonds is 5. The topological polar surface area (TPSA) is 38.3 Å². The summed E-state index contributed by atoms with van der Waals surface area (Å²) in [6.07, 6.45) is 0.836. The maximum absolute atomic E-state index is 12.0. The van der Waals surface area contributed by atoms with Gasteiger partial charge in [0, 0.05) is 16.8 Å². The molecular formula is C16H23NO2S. The molecule has 0 aliphatic carbocycles. The van der Waals surface area contributed by atoms with Crippen LogP contribution in [0.1, 0.15) is 38.8 Å². The summed E-state index contributed by atoms with van der Waals surface area (Å²) in [5, 5.41) is 3.66. The van der Waals surface area contributed by atoms with E-state index in [0.29, 0.717) is 18.5 Å². The molecule has 110 valence electrons. The first-order valence-electron chi connectivity index (χ1n) is 7.21. The Hall–Kier alpha value is -1.00. The van der Waals surface area contributed by atoms with Crippen molar-refractivity contribution in [1.82, 2.24) is 5.32 Å². The zero-order chi connectivity index (χ0) is 14.5. The molecule has 1 N–H and O–H groups in total. The monoisotopic (exact) mass is 293 g/mol. The van der Waals surface area contributed by atoms with Crippen LogP contribution >= 0.6 is 11.8 Å². The lowest BCUT2D eigenvalue weighted by molar-refractivity contribution is -0.125. The van der Waals surface area contributed by atoms with Gasteiger partial charge in [0.25, 0.3) is 0 Å². The van der Waals surface area contributed by atoms with Gasteiger partial charge < -0.3 is 10.1 Å². The second kappa shape index (κ2) is 7.14. The Bertz CT molecular complexity index is 438. The maximum atomic E-state index is 12.0. The van der Waals surface area contributed by atoms with Gasteiger partial charge in [-0.25, -0.2) is 0 Å². The third-order valence-corrected chi connectivity index (χ3v) is 4.43. The molecule has 1 aromatic carbocycles. The van der Waals surface area contributed by atoms with Gasteiger partial charge >= 0.3 is 0 Å². The van der Waals surface area contributed by atoms with Crippen LogP contribution in [0.15, 0.2) is 29.2 Å². The Balaban J connectivity index is 1.91. The molecule has 2 rings (SSSR count). The highest BCUT2D eigenvalue weighted by atomic mass is 32.2. The van der Waals surface area contributed by atoms with Crippen molar-refractivity contribution in [2.75, 3.05) is 13.2 Å². The zero-order valence-corrected chi connectivity index (χ0v) is 13.2. The van der Waals surface area contributed by atoms with Crippen molar-refractivity contribution in [1.29, 1.82) is 0 Å². The first-order chi connectivity index (χ1) is 9.56. The third kappa shape index (κ3) is 4.25. The van der Waals surface area contributed by atoms with Gasteiger partial charge in [-0.05, 0) is 31.0 Å². The average molecular weight is 293 g/mol. The fourth-order valence-electron chi connectivity index (χ4n) is 2.26. The standard InChI is InChI=1S/C16H23NO2S/c1-11(2)20-15-6-4-13(5-7-15)12(3)17-16(18)14-8-9-19-10-14/h4-7,11-12,14H,8-10H2,1-3H3,(H,17,18)/t12-,14+/m1/s1. The van der Waals surface area contributed by atoms with Gasteiger partial charge in [0.15, 0.2) is 0 Å². The third-order valence-electron chi connectivity index (χ3n) is 3.41. The number of amides is 1. The van der Waals surface area contributed by atoms with Crippen LogP contribution in [0.2, 0.25) is 0 Å².